The van der Waals surface area contributed by atoms with E-state index in [0.29, 0.717) is 22.6 Å². The van der Waals surface area contributed by atoms with E-state index in [2.05, 4.69) is 20.8 Å². The maximum atomic E-state index is 11.9. The first-order valence-electron chi connectivity index (χ1n) is 10.3. The molecule has 1 aliphatic rings. The second kappa shape index (κ2) is 10.1. The van der Waals surface area contributed by atoms with E-state index in [1.165, 1.54) is 30.0 Å². The molecule has 0 saturated carbocycles. The number of nitro benzene ring substituents is 1. The largest absolute Gasteiger partial charge is 0.481 e. The number of ether oxygens (including phenoxy) is 3. The number of fused-ring (bicyclic) bond motifs is 1. The standard InChI is InChI=1S/C21H20N6O8/c1-33-19(30)10-26-21(23-24-25-26)20(13-5-6-16-17(8-13)35-11-34-16)22-15(9-18(28)29)12-3-2-4-14(7-12)27(31)32/h2-8,15,20,22H,9-11H2,1H3,(H,28,29). The molecule has 4 rings (SSSR count). The van der Waals surface area contributed by atoms with Crippen LogP contribution in [0.3, 0.4) is 0 Å². The molecule has 0 radical (unpaired) electrons. The Balaban J connectivity index is 1.77. The molecule has 2 heterocycles. The van der Waals surface area contributed by atoms with Gasteiger partial charge in [0.2, 0.25) is 6.79 Å². The number of hydrogen-bond donors (Lipinski definition) is 2. The SMILES string of the molecule is COC(=O)Cn1nnnc1C(NC(CC(=O)O)c1cccc([N+](=O)[O-])c1)c1ccc2c(c1)OCO2. The van der Waals surface area contributed by atoms with Crippen molar-refractivity contribution in [3.05, 3.63) is 69.5 Å². The van der Waals surface area contributed by atoms with Gasteiger partial charge in [-0.05, 0) is 33.7 Å². The van der Waals surface area contributed by atoms with Crippen molar-refractivity contribution in [3.63, 3.8) is 0 Å². The minimum absolute atomic E-state index is 0.0479. The Morgan fingerprint density at radius 3 is 2.77 bits per heavy atom. The van der Waals surface area contributed by atoms with Gasteiger partial charge in [-0.3, -0.25) is 25.0 Å². The summed E-state index contributed by atoms with van der Waals surface area (Å²) in [5.41, 5.74) is 0.769. The topological polar surface area (TPSA) is 181 Å². The van der Waals surface area contributed by atoms with E-state index in [1.54, 1.807) is 24.3 Å². The monoisotopic (exact) mass is 484 g/mol. The molecule has 1 aliphatic heterocycles. The zero-order valence-corrected chi connectivity index (χ0v) is 18.4. The van der Waals surface area contributed by atoms with Crippen LogP contribution in [0.1, 0.15) is 35.5 Å². The van der Waals surface area contributed by atoms with Gasteiger partial charge in [0, 0.05) is 18.2 Å². The number of nitrogens with zero attached hydrogens (tertiary/aromatic N) is 5. The van der Waals surface area contributed by atoms with Crippen LogP contribution in [0.15, 0.2) is 42.5 Å². The number of aliphatic carboxylic acids is 1. The third-order valence-electron chi connectivity index (χ3n) is 5.28. The molecule has 0 spiro atoms. The number of carboxylic acids is 1. The Labute approximate surface area is 197 Å². The maximum absolute atomic E-state index is 11.9. The first kappa shape index (κ1) is 23.6. The number of methoxy groups -OCH3 is 1. The van der Waals surface area contributed by atoms with Crippen LogP contribution in [-0.2, 0) is 20.9 Å². The molecule has 2 unspecified atom stereocenters. The number of esters is 1. The third kappa shape index (κ3) is 5.33. The number of rotatable bonds is 10. The van der Waals surface area contributed by atoms with E-state index in [0.717, 1.165) is 0 Å². The lowest BCUT2D eigenvalue weighted by molar-refractivity contribution is -0.384. The molecule has 3 aromatic rings. The number of nitrogens with one attached hydrogen (secondary N) is 1. The number of benzene rings is 2. The molecule has 2 N–H and O–H groups in total. The number of non-ortho nitro benzene ring substituents is 1. The van der Waals surface area contributed by atoms with E-state index in [1.807, 2.05) is 0 Å². The molecule has 2 aromatic carbocycles. The van der Waals surface area contributed by atoms with Crippen LogP contribution in [0, 0.1) is 10.1 Å². The Hall–Kier alpha value is -4.59. The van der Waals surface area contributed by atoms with Crippen LogP contribution < -0.4 is 14.8 Å². The van der Waals surface area contributed by atoms with Gasteiger partial charge in [0.1, 0.15) is 6.54 Å². The van der Waals surface area contributed by atoms with Crippen LogP contribution in [0.4, 0.5) is 5.69 Å². The Kier molecular flexibility index (Phi) is 6.82. The van der Waals surface area contributed by atoms with Crippen LogP contribution in [0.25, 0.3) is 0 Å². The average molecular weight is 484 g/mol. The van der Waals surface area contributed by atoms with Gasteiger partial charge in [-0.2, -0.15) is 0 Å². The first-order valence-corrected chi connectivity index (χ1v) is 10.3. The molecule has 2 atom stereocenters. The number of hydrogen-bond acceptors (Lipinski definition) is 11. The van der Waals surface area contributed by atoms with Crippen LogP contribution in [-0.4, -0.2) is 56.1 Å². The van der Waals surface area contributed by atoms with E-state index in [-0.39, 0.29) is 24.8 Å². The summed E-state index contributed by atoms with van der Waals surface area (Å²) in [5.74, 6) is -0.541. The Morgan fingerprint density at radius 1 is 1.23 bits per heavy atom. The highest BCUT2D eigenvalue weighted by atomic mass is 16.7. The van der Waals surface area contributed by atoms with Gasteiger partial charge in [0.25, 0.3) is 5.69 Å². The summed E-state index contributed by atoms with van der Waals surface area (Å²) >= 11 is 0. The van der Waals surface area contributed by atoms with Crippen molar-refractivity contribution in [3.8, 4) is 11.5 Å². The lowest BCUT2D eigenvalue weighted by Crippen LogP contribution is -2.32. The van der Waals surface area contributed by atoms with Gasteiger partial charge in [0.15, 0.2) is 17.3 Å². The normalized spacial score (nSPS) is 13.7. The van der Waals surface area contributed by atoms with Gasteiger partial charge in [-0.1, -0.05) is 18.2 Å². The van der Waals surface area contributed by atoms with Gasteiger partial charge < -0.3 is 19.3 Å². The number of tetrazole rings is 1. The second-order valence-corrected chi connectivity index (χ2v) is 7.49. The first-order chi connectivity index (χ1) is 16.9. The second-order valence-electron chi connectivity index (χ2n) is 7.49. The zero-order chi connectivity index (χ0) is 24.9. The highest BCUT2D eigenvalue weighted by Gasteiger charge is 2.29. The van der Waals surface area contributed by atoms with Crippen molar-refractivity contribution in [1.82, 2.24) is 25.5 Å². The number of nitro groups is 1. The Morgan fingerprint density at radius 2 is 2.03 bits per heavy atom. The van der Waals surface area contributed by atoms with Crippen molar-refractivity contribution in [2.24, 2.45) is 0 Å². The molecule has 0 bridgehead atoms. The predicted molar refractivity (Wildman–Crippen MR) is 115 cm³/mol. The number of carboxylic acid groups (broad SMARTS) is 1. The number of carbonyl (C=O) groups is 2. The Bertz CT molecular complexity index is 1260. The molecule has 182 valence electrons. The van der Waals surface area contributed by atoms with Gasteiger partial charge in [-0.25, -0.2) is 4.68 Å². The van der Waals surface area contributed by atoms with Crippen LogP contribution in [0.2, 0.25) is 0 Å². The quantitative estimate of drug-likeness (QED) is 0.240. The van der Waals surface area contributed by atoms with Crippen molar-refractivity contribution in [2.45, 2.75) is 25.0 Å². The van der Waals surface area contributed by atoms with Crippen molar-refractivity contribution in [2.75, 3.05) is 13.9 Å². The fourth-order valence-electron chi connectivity index (χ4n) is 3.63. The molecule has 0 saturated heterocycles. The highest BCUT2D eigenvalue weighted by molar-refractivity contribution is 5.69. The summed E-state index contributed by atoms with van der Waals surface area (Å²) in [5, 5.41) is 35.6. The van der Waals surface area contributed by atoms with Gasteiger partial charge in [0.05, 0.1) is 24.5 Å². The minimum Gasteiger partial charge on any atom is -0.481 e. The fourth-order valence-corrected chi connectivity index (χ4v) is 3.63. The molecular formula is C21H20N6O8. The molecule has 14 nitrogen and oxygen atoms in total. The van der Waals surface area contributed by atoms with Gasteiger partial charge in [-0.15, -0.1) is 5.10 Å². The summed E-state index contributed by atoms with van der Waals surface area (Å²) in [6, 6.07) is 9.03. The molecule has 1 aromatic heterocycles. The molecule has 14 heteroatoms. The van der Waals surface area contributed by atoms with Crippen molar-refractivity contribution >= 4 is 17.6 Å². The molecular weight excluding hydrogens is 464 g/mol. The maximum Gasteiger partial charge on any atom is 0.327 e. The van der Waals surface area contributed by atoms with Crippen molar-refractivity contribution in [1.29, 1.82) is 0 Å². The lowest BCUT2D eigenvalue weighted by atomic mass is 9.98. The highest BCUT2D eigenvalue weighted by Crippen LogP contribution is 2.36. The average Bonchev–Trinajstić information content (AvgIpc) is 3.50. The molecule has 0 aliphatic carbocycles. The van der Waals surface area contributed by atoms with Crippen molar-refractivity contribution < 1.29 is 33.8 Å². The summed E-state index contributed by atoms with van der Waals surface area (Å²) in [6.07, 6.45) is -0.402. The fraction of sp³-hybridized carbons (Fsp3) is 0.286. The van der Waals surface area contributed by atoms with Crippen LogP contribution >= 0.6 is 0 Å². The zero-order valence-electron chi connectivity index (χ0n) is 18.4. The lowest BCUT2D eigenvalue weighted by Gasteiger charge is -2.25. The number of aromatic nitrogens is 4. The van der Waals surface area contributed by atoms with E-state index in [4.69, 9.17) is 14.2 Å². The smallest absolute Gasteiger partial charge is 0.327 e. The van der Waals surface area contributed by atoms with E-state index in [9.17, 15) is 24.8 Å². The van der Waals surface area contributed by atoms with E-state index < -0.39 is 35.4 Å². The van der Waals surface area contributed by atoms with Crippen LogP contribution in [0.5, 0.6) is 11.5 Å². The summed E-state index contributed by atoms with van der Waals surface area (Å²) in [6.45, 7) is -0.242. The van der Waals surface area contributed by atoms with Gasteiger partial charge >= 0.3 is 11.9 Å². The molecule has 0 fully saturated rings. The summed E-state index contributed by atoms with van der Waals surface area (Å²) in [4.78, 5) is 34.3. The number of carbonyl (C=O) groups excluding carboxylic acids is 1. The minimum atomic E-state index is -1.13. The predicted octanol–water partition coefficient (Wildman–Crippen LogP) is 1.38. The molecule has 35 heavy (non-hydrogen) atoms. The summed E-state index contributed by atoms with van der Waals surface area (Å²) in [7, 11) is 1.23. The summed E-state index contributed by atoms with van der Waals surface area (Å²) < 4.78 is 16.8. The molecule has 0 amide bonds. The van der Waals surface area contributed by atoms with E-state index >= 15 is 0 Å². The third-order valence-corrected chi connectivity index (χ3v) is 5.28.